The minimum atomic E-state index is 0. The molecule has 0 atom stereocenters. The highest BCUT2D eigenvalue weighted by atomic mass is 35.5. The normalized spacial score (nSPS) is 24.8. The van der Waals surface area contributed by atoms with Crippen molar-refractivity contribution < 1.29 is 4.79 Å². The maximum Gasteiger partial charge on any atom is 0.223 e. The third-order valence-electron chi connectivity index (χ3n) is 5.57. The number of carbonyl (C=O) groups excluding carboxylic acids is 1. The minimum Gasteiger partial charge on any atom is -0.343 e. The molecule has 0 aromatic rings. The van der Waals surface area contributed by atoms with Crippen LogP contribution in [0.1, 0.15) is 71.6 Å². The molecule has 2 fully saturated rings. The molecule has 1 aliphatic heterocycles. The topological polar surface area (TPSA) is 46.3 Å². The van der Waals surface area contributed by atoms with E-state index in [0.29, 0.717) is 24.3 Å². The SMILES string of the molecule is CC1(C)CCCN(C(=O)CC2(CN)CCCCC2)CC1.Cl. The Morgan fingerprint density at radius 1 is 1.00 bits per heavy atom. The average Bonchev–Trinajstić information content (AvgIpc) is 2.61. The number of carbonyl (C=O) groups is 1. The van der Waals surface area contributed by atoms with Gasteiger partial charge in [-0.15, -0.1) is 12.4 Å². The molecule has 4 heteroatoms. The molecule has 0 spiro atoms. The molecule has 0 unspecified atom stereocenters. The van der Waals surface area contributed by atoms with Gasteiger partial charge in [0.15, 0.2) is 0 Å². The minimum absolute atomic E-state index is 0. The Morgan fingerprint density at radius 3 is 2.29 bits per heavy atom. The molecule has 0 radical (unpaired) electrons. The molecule has 0 aromatic heterocycles. The van der Waals surface area contributed by atoms with Gasteiger partial charge in [-0.25, -0.2) is 0 Å². The van der Waals surface area contributed by atoms with Crippen LogP contribution in [0, 0.1) is 10.8 Å². The summed E-state index contributed by atoms with van der Waals surface area (Å²) in [5.41, 5.74) is 6.52. The molecule has 0 aromatic carbocycles. The quantitative estimate of drug-likeness (QED) is 0.862. The number of rotatable bonds is 3. The van der Waals surface area contributed by atoms with Gasteiger partial charge in [0.05, 0.1) is 0 Å². The van der Waals surface area contributed by atoms with Gasteiger partial charge < -0.3 is 10.6 Å². The van der Waals surface area contributed by atoms with E-state index in [4.69, 9.17) is 5.73 Å². The van der Waals surface area contributed by atoms with Gasteiger partial charge in [0.2, 0.25) is 5.91 Å². The van der Waals surface area contributed by atoms with Gasteiger partial charge in [0.25, 0.3) is 0 Å². The fraction of sp³-hybridized carbons (Fsp3) is 0.941. The summed E-state index contributed by atoms with van der Waals surface area (Å²) in [6.45, 7) is 7.21. The van der Waals surface area contributed by atoms with Crippen LogP contribution >= 0.6 is 12.4 Å². The number of halogens is 1. The van der Waals surface area contributed by atoms with Crippen molar-refractivity contribution in [2.45, 2.75) is 71.6 Å². The zero-order chi connectivity index (χ0) is 14.6. The van der Waals surface area contributed by atoms with E-state index in [-0.39, 0.29) is 17.8 Å². The Hall–Kier alpha value is -0.280. The van der Waals surface area contributed by atoms with Gasteiger partial charge in [0.1, 0.15) is 0 Å². The van der Waals surface area contributed by atoms with Gasteiger partial charge in [-0.05, 0) is 49.5 Å². The summed E-state index contributed by atoms with van der Waals surface area (Å²) in [5, 5.41) is 0. The predicted molar refractivity (Wildman–Crippen MR) is 90.6 cm³/mol. The van der Waals surface area contributed by atoms with Gasteiger partial charge >= 0.3 is 0 Å². The second-order valence-electron chi connectivity index (χ2n) is 7.84. The first kappa shape index (κ1) is 18.8. The lowest BCUT2D eigenvalue weighted by molar-refractivity contribution is -0.134. The van der Waals surface area contributed by atoms with Crippen LogP contribution in [0.5, 0.6) is 0 Å². The lowest BCUT2D eigenvalue weighted by Crippen LogP contribution is -2.41. The van der Waals surface area contributed by atoms with Crippen LogP contribution in [0.25, 0.3) is 0 Å². The van der Waals surface area contributed by atoms with Crippen LogP contribution in [-0.4, -0.2) is 30.4 Å². The number of nitrogens with zero attached hydrogens (tertiary/aromatic N) is 1. The molecule has 1 aliphatic carbocycles. The summed E-state index contributed by atoms with van der Waals surface area (Å²) in [5.74, 6) is 0.357. The second-order valence-corrected chi connectivity index (χ2v) is 7.84. The molecule has 21 heavy (non-hydrogen) atoms. The highest BCUT2D eigenvalue weighted by Gasteiger charge is 2.35. The van der Waals surface area contributed by atoms with E-state index in [1.807, 2.05) is 0 Å². The van der Waals surface area contributed by atoms with Gasteiger partial charge in [0, 0.05) is 19.5 Å². The molecule has 2 N–H and O–H groups in total. The molecular weight excluding hydrogens is 284 g/mol. The lowest BCUT2D eigenvalue weighted by Gasteiger charge is -2.37. The summed E-state index contributed by atoms with van der Waals surface area (Å²) >= 11 is 0. The van der Waals surface area contributed by atoms with Gasteiger partial charge in [-0.2, -0.15) is 0 Å². The average molecular weight is 317 g/mol. The Bertz CT molecular complexity index is 338. The monoisotopic (exact) mass is 316 g/mol. The third-order valence-corrected chi connectivity index (χ3v) is 5.57. The van der Waals surface area contributed by atoms with Crippen molar-refractivity contribution in [3.05, 3.63) is 0 Å². The summed E-state index contributed by atoms with van der Waals surface area (Å²) < 4.78 is 0. The van der Waals surface area contributed by atoms with Crippen molar-refractivity contribution in [2.24, 2.45) is 16.6 Å². The van der Waals surface area contributed by atoms with Crippen LogP contribution < -0.4 is 5.73 Å². The molecule has 1 saturated heterocycles. The van der Waals surface area contributed by atoms with E-state index in [1.165, 1.54) is 25.7 Å². The highest BCUT2D eigenvalue weighted by molar-refractivity contribution is 5.85. The Balaban J connectivity index is 0.00000220. The molecule has 2 aliphatic rings. The number of likely N-dealkylation sites (tertiary alicyclic amines) is 1. The number of nitrogens with two attached hydrogens (primary N) is 1. The van der Waals surface area contributed by atoms with E-state index in [1.54, 1.807) is 0 Å². The Kier molecular flexibility index (Phi) is 6.99. The van der Waals surface area contributed by atoms with E-state index in [0.717, 1.165) is 38.8 Å². The summed E-state index contributed by atoms with van der Waals surface area (Å²) in [6, 6.07) is 0. The first-order valence-corrected chi connectivity index (χ1v) is 8.44. The third kappa shape index (κ3) is 5.14. The maximum absolute atomic E-state index is 12.7. The summed E-state index contributed by atoms with van der Waals surface area (Å²) in [4.78, 5) is 14.8. The smallest absolute Gasteiger partial charge is 0.223 e. The number of amides is 1. The molecule has 124 valence electrons. The highest BCUT2D eigenvalue weighted by Crippen LogP contribution is 2.39. The molecule has 2 rings (SSSR count). The number of hydrogen-bond donors (Lipinski definition) is 1. The molecule has 0 bridgehead atoms. The Labute approximate surface area is 136 Å². The summed E-state index contributed by atoms with van der Waals surface area (Å²) in [6.07, 6.45) is 10.3. The largest absolute Gasteiger partial charge is 0.343 e. The van der Waals surface area contributed by atoms with Crippen molar-refractivity contribution in [2.75, 3.05) is 19.6 Å². The first-order chi connectivity index (χ1) is 9.46. The van der Waals surface area contributed by atoms with Crippen molar-refractivity contribution >= 4 is 18.3 Å². The van der Waals surface area contributed by atoms with Crippen molar-refractivity contribution in [1.82, 2.24) is 4.90 Å². The molecule has 1 saturated carbocycles. The van der Waals surface area contributed by atoms with E-state index in [9.17, 15) is 4.79 Å². The second kappa shape index (κ2) is 7.82. The van der Waals surface area contributed by atoms with Crippen LogP contribution in [-0.2, 0) is 4.79 Å². The predicted octanol–water partition coefficient (Wildman–Crippen LogP) is 3.75. The zero-order valence-electron chi connectivity index (χ0n) is 13.8. The van der Waals surface area contributed by atoms with E-state index >= 15 is 0 Å². The fourth-order valence-electron chi connectivity index (χ4n) is 3.86. The fourth-order valence-corrected chi connectivity index (χ4v) is 3.86. The molecule has 1 amide bonds. The number of hydrogen-bond acceptors (Lipinski definition) is 2. The Morgan fingerprint density at radius 2 is 1.67 bits per heavy atom. The molecule has 1 heterocycles. The van der Waals surface area contributed by atoms with Crippen LogP contribution in [0.3, 0.4) is 0 Å². The van der Waals surface area contributed by atoms with Gasteiger partial charge in [-0.3, -0.25) is 4.79 Å². The summed E-state index contributed by atoms with van der Waals surface area (Å²) in [7, 11) is 0. The standard InChI is InChI=1S/C17H32N2O.ClH/c1-16(2)7-6-11-19(12-10-16)15(20)13-17(14-18)8-4-3-5-9-17;/h3-14,18H2,1-2H3;1H. The first-order valence-electron chi connectivity index (χ1n) is 8.44. The van der Waals surface area contributed by atoms with E-state index < -0.39 is 0 Å². The van der Waals surface area contributed by atoms with Crippen molar-refractivity contribution in [1.29, 1.82) is 0 Å². The van der Waals surface area contributed by atoms with Gasteiger partial charge in [-0.1, -0.05) is 33.1 Å². The van der Waals surface area contributed by atoms with E-state index in [2.05, 4.69) is 18.7 Å². The molecular formula is C17H33ClN2O. The van der Waals surface area contributed by atoms with Crippen LogP contribution in [0.15, 0.2) is 0 Å². The lowest BCUT2D eigenvalue weighted by atomic mass is 9.71. The maximum atomic E-state index is 12.7. The van der Waals surface area contributed by atoms with Crippen LogP contribution in [0.2, 0.25) is 0 Å². The van der Waals surface area contributed by atoms with Crippen LogP contribution in [0.4, 0.5) is 0 Å². The van der Waals surface area contributed by atoms with Crippen molar-refractivity contribution in [3.63, 3.8) is 0 Å². The van der Waals surface area contributed by atoms with Crippen molar-refractivity contribution in [3.8, 4) is 0 Å². The molecule has 3 nitrogen and oxygen atoms in total. The zero-order valence-corrected chi connectivity index (χ0v) is 14.6.